The van der Waals surface area contributed by atoms with Gasteiger partial charge in [0.2, 0.25) is 0 Å². The molecule has 0 radical (unpaired) electrons. The number of rotatable bonds is 8. The number of anilines is 1. The van der Waals surface area contributed by atoms with Crippen molar-refractivity contribution in [2.24, 2.45) is 0 Å². The van der Waals surface area contributed by atoms with Crippen LogP contribution in [0.5, 0.6) is 5.75 Å². The molecule has 0 aliphatic rings. The van der Waals surface area contributed by atoms with Crippen LogP contribution in [-0.2, 0) is 12.7 Å². The van der Waals surface area contributed by atoms with E-state index in [-0.39, 0.29) is 11.4 Å². The Kier molecular flexibility index (Phi) is 8.54. The zero-order chi connectivity index (χ0) is 24.8. The molecule has 180 valence electrons. The van der Waals surface area contributed by atoms with Crippen LogP contribution in [0.1, 0.15) is 25.0 Å². The first-order valence-corrected chi connectivity index (χ1v) is 9.77. The summed E-state index contributed by atoms with van der Waals surface area (Å²) in [4.78, 5) is 0.939. The van der Waals surface area contributed by atoms with Crippen molar-refractivity contribution in [1.29, 1.82) is 0 Å². The van der Waals surface area contributed by atoms with Crippen LogP contribution in [-0.4, -0.2) is 23.9 Å². The quantitative estimate of drug-likeness (QED) is 0.263. The molecule has 0 aliphatic carbocycles. The molecule has 3 nitrogen and oxygen atoms in total. The van der Waals surface area contributed by atoms with Gasteiger partial charge < -0.3 is 14.7 Å². The van der Waals surface area contributed by atoms with E-state index in [0.717, 1.165) is 4.90 Å². The Balaban J connectivity index is 2.45. The van der Waals surface area contributed by atoms with E-state index in [1.165, 1.54) is 24.3 Å². The van der Waals surface area contributed by atoms with E-state index in [0.29, 0.717) is 24.0 Å². The standard InChI is InChI=1S/C23H22F7NO2/c1-3-6-18(4-2)33-19-8-5-7-17(12-19)31(14-21(32)23(28,29)30)13-15-11-16(22(25,26)27)9-10-20(15)24/h3-12,21,32H,13-14H2,1-2H3/b6-3-,18-4+. The summed E-state index contributed by atoms with van der Waals surface area (Å²) in [5, 5.41) is 9.58. The smallest absolute Gasteiger partial charge is 0.416 e. The highest BCUT2D eigenvalue weighted by molar-refractivity contribution is 5.52. The third-order valence-electron chi connectivity index (χ3n) is 4.54. The van der Waals surface area contributed by atoms with Gasteiger partial charge in [0.1, 0.15) is 17.3 Å². The lowest BCUT2D eigenvalue weighted by atomic mass is 10.1. The Morgan fingerprint density at radius 2 is 1.76 bits per heavy atom. The van der Waals surface area contributed by atoms with Crippen molar-refractivity contribution in [2.75, 3.05) is 11.4 Å². The predicted molar refractivity (Wildman–Crippen MR) is 110 cm³/mol. The average molecular weight is 477 g/mol. The SMILES string of the molecule is C/C=C\C(=C/C)Oc1cccc(N(Cc2cc(C(F)(F)F)ccc2F)CC(O)C(F)(F)F)c1. The fourth-order valence-corrected chi connectivity index (χ4v) is 2.88. The van der Waals surface area contributed by atoms with Crippen molar-refractivity contribution >= 4 is 5.69 Å². The second kappa shape index (κ2) is 10.7. The van der Waals surface area contributed by atoms with Gasteiger partial charge in [0.05, 0.1) is 12.1 Å². The van der Waals surface area contributed by atoms with Crippen molar-refractivity contribution in [2.45, 2.75) is 38.8 Å². The van der Waals surface area contributed by atoms with Gasteiger partial charge in [-0.15, -0.1) is 0 Å². The second-order valence-corrected chi connectivity index (χ2v) is 7.03. The Labute approximate surface area is 186 Å². The first kappa shape index (κ1) is 26.2. The summed E-state index contributed by atoms with van der Waals surface area (Å²) in [5.74, 6) is -0.346. The van der Waals surface area contributed by atoms with E-state index in [2.05, 4.69) is 0 Å². The average Bonchev–Trinajstić information content (AvgIpc) is 2.73. The second-order valence-electron chi connectivity index (χ2n) is 7.03. The Morgan fingerprint density at radius 1 is 1.06 bits per heavy atom. The van der Waals surface area contributed by atoms with E-state index >= 15 is 0 Å². The van der Waals surface area contributed by atoms with Gasteiger partial charge >= 0.3 is 12.4 Å². The van der Waals surface area contributed by atoms with Crippen molar-refractivity contribution in [3.8, 4) is 5.75 Å². The normalized spacial score (nSPS) is 13.9. The van der Waals surface area contributed by atoms with Crippen LogP contribution >= 0.6 is 0 Å². The molecule has 1 unspecified atom stereocenters. The highest BCUT2D eigenvalue weighted by Crippen LogP contribution is 2.32. The van der Waals surface area contributed by atoms with Crippen molar-refractivity contribution in [3.63, 3.8) is 0 Å². The Morgan fingerprint density at radius 3 is 2.33 bits per heavy atom. The first-order chi connectivity index (χ1) is 15.3. The van der Waals surface area contributed by atoms with Gasteiger partial charge in [-0.3, -0.25) is 0 Å². The topological polar surface area (TPSA) is 32.7 Å². The van der Waals surface area contributed by atoms with Gasteiger partial charge in [0.15, 0.2) is 6.10 Å². The Bertz CT molecular complexity index is 997. The molecule has 2 aromatic carbocycles. The molecular formula is C23H22F7NO2. The van der Waals surface area contributed by atoms with Crippen LogP contribution in [0.4, 0.5) is 36.4 Å². The van der Waals surface area contributed by atoms with Crippen molar-refractivity contribution < 1.29 is 40.6 Å². The van der Waals surface area contributed by atoms with Gasteiger partial charge in [-0.05, 0) is 56.3 Å². The molecule has 0 saturated carbocycles. The summed E-state index contributed by atoms with van der Waals surface area (Å²) in [6.07, 6.45) is -7.55. The third kappa shape index (κ3) is 7.52. The molecule has 0 aromatic heterocycles. The molecule has 2 rings (SSSR count). The van der Waals surface area contributed by atoms with E-state index < -0.39 is 48.5 Å². The third-order valence-corrected chi connectivity index (χ3v) is 4.54. The lowest BCUT2D eigenvalue weighted by Crippen LogP contribution is -2.41. The molecule has 0 heterocycles. The van der Waals surface area contributed by atoms with Crippen LogP contribution in [0.15, 0.2) is 66.5 Å². The highest BCUT2D eigenvalue weighted by Gasteiger charge is 2.39. The minimum absolute atomic E-state index is 0.0866. The number of nitrogens with zero attached hydrogens (tertiary/aromatic N) is 1. The number of alkyl halides is 6. The van der Waals surface area contributed by atoms with Gasteiger partial charge in [0.25, 0.3) is 0 Å². The zero-order valence-corrected chi connectivity index (χ0v) is 17.7. The largest absolute Gasteiger partial charge is 0.458 e. The zero-order valence-electron chi connectivity index (χ0n) is 17.7. The summed E-state index contributed by atoms with van der Waals surface area (Å²) in [7, 11) is 0. The summed E-state index contributed by atoms with van der Waals surface area (Å²) in [6.45, 7) is 1.78. The molecule has 0 bridgehead atoms. The van der Waals surface area contributed by atoms with E-state index in [1.807, 2.05) is 0 Å². The van der Waals surface area contributed by atoms with Gasteiger partial charge in [0, 0.05) is 23.9 Å². The number of hydrogen-bond donors (Lipinski definition) is 1. The molecule has 1 atom stereocenters. The highest BCUT2D eigenvalue weighted by atomic mass is 19.4. The minimum atomic E-state index is -4.98. The fourth-order valence-electron chi connectivity index (χ4n) is 2.88. The van der Waals surface area contributed by atoms with Crippen LogP contribution < -0.4 is 9.64 Å². The molecule has 33 heavy (non-hydrogen) atoms. The number of benzene rings is 2. The number of aliphatic hydroxyl groups excluding tert-OH is 1. The minimum Gasteiger partial charge on any atom is -0.458 e. The van der Waals surface area contributed by atoms with Crippen molar-refractivity contribution in [1.82, 2.24) is 0 Å². The lowest BCUT2D eigenvalue weighted by Gasteiger charge is -2.29. The van der Waals surface area contributed by atoms with Crippen LogP contribution in [0.3, 0.4) is 0 Å². The molecular weight excluding hydrogens is 455 g/mol. The predicted octanol–water partition coefficient (Wildman–Crippen LogP) is 6.63. The number of ether oxygens (including phenoxy) is 1. The van der Waals surface area contributed by atoms with Gasteiger partial charge in [-0.1, -0.05) is 12.1 Å². The van der Waals surface area contributed by atoms with Crippen molar-refractivity contribution in [3.05, 3.63) is 83.4 Å². The number of allylic oxidation sites excluding steroid dienone is 3. The summed E-state index contributed by atoms with van der Waals surface area (Å²) < 4.78 is 98.1. The maximum Gasteiger partial charge on any atom is 0.416 e. The van der Waals surface area contributed by atoms with E-state index in [9.17, 15) is 35.8 Å². The maximum absolute atomic E-state index is 14.3. The van der Waals surface area contributed by atoms with E-state index in [4.69, 9.17) is 4.74 Å². The summed E-state index contributed by atoms with van der Waals surface area (Å²) >= 11 is 0. The fraction of sp³-hybridized carbons (Fsp3) is 0.304. The molecule has 2 aromatic rings. The van der Waals surface area contributed by atoms with Crippen LogP contribution in [0.2, 0.25) is 0 Å². The van der Waals surface area contributed by atoms with Gasteiger partial charge in [-0.2, -0.15) is 26.3 Å². The summed E-state index contributed by atoms with van der Waals surface area (Å²) in [5.41, 5.74) is -1.53. The lowest BCUT2D eigenvalue weighted by molar-refractivity contribution is -0.200. The molecule has 0 fully saturated rings. The molecule has 0 saturated heterocycles. The molecule has 0 spiro atoms. The maximum atomic E-state index is 14.3. The van der Waals surface area contributed by atoms with Crippen LogP contribution in [0, 0.1) is 5.82 Å². The summed E-state index contributed by atoms with van der Waals surface area (Å²) in [6, 6.07) is 7.40. The molecule has 10 heteroatoms. The Hall–Kier alpha value is -3.01. The number of halogens is 7. The molecule has 0 aliphatic heterocycles. The first-order valence-electron chi connectivity index (χ1n) is 9.77. The van der Waals surface area contributed by atoms with E-state index in [1.54, 1.807) is 32.1 Å². The van der Waals surface area contributed by atoms with Crippen LogP contribution in [0.25, 0.3) is 0 Å². The van der Waals surface area contributed by atoms with Gasteiger partial charge in [-0.25, -0.2) is 4.39 Å². The molecule has 1 N–H and O–H groups in total. The number of aliphatic hydroxyl groups is 1. The molecule has 0 amide bonds. The monoisotopic (exact) mass is 477 g/mol. The number of hydrogen-bond acceptors (Lipinski definition) is 3.